The molecular formula is C20H17NO5S. The van der Waals surface area contributed by atoms with E-state index in [9.17, 15) is 13.2 Å². The minimum Gasteiger partial charge on any atom is -0.489 e. The number of carboxylic acid groups (broad SMARTS) is 1. The molecule has 27 heavy (non-hydrogen) atoms. The summed E-state index contributed by atoms with van der Waals surface area (Å²) in [6.07, 6.45) is 0. The van der Waals surface area contributed by atoms with Crippen LogP contribution >= 0.6 is 0 Å². The van der Waals surface area contributed by atoms with Crippen LogP contribution in [0, 0.1) is 0 Å². The number of carboxylic acids is 1. The topological polar surface area (TPSA) is 92.7 Å². The van der Waals surface area contributed by atoms with Crippen molar-refractivity contribution in [2.75, 3.05) is 4.72 Å². The highest BCUT2D eigenvalue weighted by atomic mass is 32.2. The molecule has 0 saturated carbocycles. The van der Waals surface area contributed by atoms with Crippen molar-refractivity contribution in [2.45, 2.75) is 11.5 Å². The van der Waals surface area contributed by atoms with E-state index >= 15 is 0 Å². The van der Waals surface area contributed by atoms with Crippen LogP contribution in [0.4, 0.5) is 5.69 Å². The highest BCUT2D eigenvalue weighted by Gasteiger charge is 2.15. The minimum absolute atomic E-state index is 0.0153. The van der Waals surface area contributed by atoms with Gasteiger partial charge in [0.2, 0.25) is 0 Å². The van der Waals surface area contributed by atoms with Gasteiger partial charge in [0.1, 0.15) is 12.4 Å². The summed E-state index contributed by atoms with van der Waals surface area (Å²) in [6, 6.07) is 21.2. The number of rotatable bonds is 7. The summed E-state index contributed by atoms with van der Waals surface area (Å²) in [5.74, 6) is -0.389. The van der Waals surface area contributed by atoms with Crippen LogP contribution in [0.5, 0.6) is 5.75 Å². The van der Waals surface area contributed by atoms with Crippen LogP contribution in [0.15, 0.2) is 83.8 Å². The smallest absolute Gasteiger partial charge is 0.335 e. The first-order valence-corrected chi connectivity index (χ1v) is 9.55. The lowest BCUT2D eigenvalue weighted by molar-refractivity contribution is 0.0696. The van der Waals surface area contributed by atoms with Gasteiger partial charge < -0.3 is 9.84 Å². The van der Waals surface area contributed by atoms with Gasteiger partial charge in [0.05, 0.1) is 10.5 Å². The lowest BCUT2D eigenvalue weighted by atomic mass is 10.2. The fraction of sp³-hybridized carbons (Fsp3) is 0.0500. The maximum Gasteiger partial charge on any atom is 0.335 e. The molecule has 3 aromatic rings. The summed E-state index contributed by atoms with van der Waals surface area (Å²) < 4.78 is 33.1. The fourth-order valence-electron chi connectivity index (χ4n) is 2.40. The number of para-hydroxylation sites is 1. The van der Waals surface area contributed by atoms with Crippen molar-refractivity contribution in [3.63, 3.8) is 0 Å². The standard InChI is InChI=1S/C20H17NO5S/c22-20(23)16-9-11-19(12-10-16)27(24,25)21-17-6-4-5-15(13-17)14-26-18-7-2-1-3-8-18/h1-13,21H,14H2,(H,22,23). The van der Waals surface area contributed by atoms with Gasteiger partial charge in [0.25, 0.3) is 10.0 Å². The molecule has 0 spiro atoms. The molecule has 7 heteroatoms. The Kier molecular flexibility index (Phi) is 5.42. The average Bonchev–Trinajstić information content (AvgIpc) is 2.67. The third-order valence-corrected chi connectivity index (χ3v) is 5.14. The van der Waals surface area contributed by atoms with Crippen molar-refractivity contribution in [1.82, 2.24) is 0 Å². The van der Waals surface area contributed by atoms with Crippen LogP contribution in [-0.2, 0) is 16.6 Å². The zero-order valence-corrected chi connectivity index (χ0v) is 15.0. The first-order valence-electron chi connectivity index (χ1n) is 8.07. The zero-order chi connectivity index (χ0) is 19.3. The van der Waals surface area contributed by atoms with Crippen LogP contribution in [-0.4, -0.2) is 19.5 Å². The molecule has 0 unspecified atom stereocenters. The molecule has 138 valence electrons. The predicted octanol–water partition coefficient (Wildman–Crippen LogP) is 3.76. The number of ether oxygens (including phenoxy) is 1. The van der Waals surface area contributed by atoms with Crippen LogP contribution in [0.2, 0.25) is 0 Å². The highest BCUT2D eigenvalue weighted by Crippen LogP contribution is 2.19. The molecular weight excluding hydrogens is 366 g/mol. The summed E-state index contributed by atoms with van der Waals surface area (Å²) in [5, 5.41) is 8.90. The van der Waals surface area contributed by atoms with Gasteiger partial charge in [0, 0.05) is 5.69 Å². The van der Waals surface area contributed by atoms with Crippen LogP contribution in [0.25, 0.3) is 0 Å². The van der Waals surface area contributed by atoms with Gasteiger partial charge in [-0.05, 0) is 54.1 Å². The Balaban J connectivity index is 1.72. The first kappa shape index (κ1) is 18.5. The molecule has 0 bridgehead atoms. The van der Waals surface area contributed by atoms with Gasteiger partial charge in [-0.3, -0.25) is 4.72 Å². The van der Waals surface area contributed by atoms with E-state index in [4.69, 9.17) is 9.84 Å². The number of anilines is 1. The molecule has 0 aliphatic carbocycles. The van der Waals surface area contributed by atoms with E-state index in [-0.39, 0.29) is 10.5 Å². The van der Waals surface area contributed by atoms with Gasteiger partial charge >= 0.3 is 5.97 Å². The number of aromatic carboxylic acids is 1. The quantitative estimate of drug-likeness (QED) is 0.648. The summed E-state index contributed by atoms with van der Waals surface area (Å²) in [7, 11) is -3.82. The number of sulfonamides is 1. The fourth-order valence-corrected chi connectivity index (χ4v) is 3.45. The van der Waals surface area contributed by atoms with E-state index in [0.717, 1.165) is 11.3 Å². The Morgan fingerprint density at radius 1 is 0.926 bits per heavy atom. The van der Waals surface area contributed by atoms with Crippen molar-refractivity contribution >= 4 is 21.7 Å². The molecule has 0 aliphatic rings. The third kappa shape index (κ3) is 4.86. The lowest BCUT2D eigenvalue weighted by Gasteiger charge is -2.11. The maximum atomic E-state index is 12.5. The number of hydrogen-bond donors (Lipinski definition) is 2. The predicted molar refractivity (Wildman–Crippen MR) is 101 cm³/mol. The van der Waals surface area contributed by atoms with Gasteiger partial charge in [0.15, 0.2) is 0 Å². The molecule has 0 radical (unpaired) electrons. The number of benzene rings is 3. The highest BCUT2D eigenvalue weighted by molar-refractivity contribution is 7.92. The molecule has 3 aromatic carbocycles. The minimum atomic E-state index is -3.82. The third-order valence-electron chi connectivity index (χ3n) is 3.74. The molecule has 0 fully saturated rings. The second-order valence-corrected chi connectivity index (χ2v) is 7.42. The van der Waals surface area contributed by atoms with E-state index in [1.54, 1.807) is 18.2 Å². The Morgan fingerprint density at radius 3 is 2.30 bits per heavy atom. The van der Waals surface area contributed by atoms with Crippen molar-refractivity contribution in [2.24, 2.45) is 0 Å². The Morgan fingerprint density at radius 2 is 1.63 bits per heavy atom. The molecule has 0 atom stereocenters. The molecule has 3 rings (SSSR count). The maximum absolute atomic E-state index is 12.5. The van der Waals surface area contributed by atoms with Crippen molar-refractivity contribution in [1.29, 1.82) is 0 Å². The van der Waals surface area contributed by atoms with Crippen LogP contribution in [0.1, 0.15) is 15.9 Å². The first-order chi connectivity index (χ1) is 12.9. The Hall–Kier alpha value is -3.32. The molecule has 2 N–H and O–H groups in total. The Labute approximate surface area is 157 Å². The molecule has 0 aliphatic heterocycles. The van der Waals surface area contributed by atoms with E-state index in [0.29, 0.717) is 12.3 Å². The van der Waals surface area contributed by atoms with Gasteiger partial charge in [-0.1, -0.05) is 30.3 Å². The van der Waals surface area contributed by atoms with Gasteiger partial charge in [-0.25, -0.2) is 13.2 Å². The van der Waals surface area contributed by atoms with E-state index in [1.165, 1.54) is 24.3 Å². The molecule has 0 saturated heterocycles. The molecule has 0 heterocycles. The van der Waals surface area contributed by atoms with Gasteiger partial charge in [-0.15, -0.1) is 0 Å². The molecule has 6 nitrogen and oxygen atoms in total. The number of carbonyl (C=O) groups is 1. The number of hydrogen-bond acceptors (Lipinski definition) is 4. The second kappa shape index (κ2) is 7.92. The van der Waals surface area contributed by atoms with Crippen LogP contribution < -0.4 is 9.46 Å². The summed E-state index contributed by atoms with van der Waals surface area (Å²) in [5.41, 5.74) is 1.22. The van der Waals surface area contributed by atoms with E-state index < -0.39 is 16.0 Å². The average molecular weight is 383 g/mol. The monoisotopic (exact) mass is 383 g/mol. The van der Waals surface area contributed by atoms with Crippen molar-refractivity contribution < 1.29 is 23.1 Å². The summed E-state index contributed by atoms with van der Waals surface area (Å²) in [6.45, 7) is 0.299. The zero-order valence-electron chi connectivity index (χ0n) is 14.2. The van der Waals surface area contributed by atoms with Crippen LogP contribution in [0.3, 0.4) is 0 Å². The summed E-state index contributed by atoms with van der Waals surface area (Å²) >= 11 is 0. The SMILES string of the molecule is O=C(O)c1ccc(S(=O)(=O)Nc2cccc(COc3ccccc3)c2)cc1. The number of nitrogens with one attached hydrogen (secondary N) is 1. The molecule has 0 amide bonds. The lowest BCUT2D eigenvalue weighted by Crippen LogP contribution is -2.13. The molecule has 0 aromatic heterocycles. The van der Waals surface area contributed by atoms with Gasteiger partial charge in [-0.2, -0.15) is 0 Å². The normalized spacial score (nSPS) is 11.0. The van der Waals surface area contributed by atoms with E-state index in [1.807, 2.05) is 36.4 Å². The van der Waals surface area contributed by atoms with Crippen molar-refractivity contribution in [3.05, 3.63) is 90.0 Å². The largest absolute Gasteiger partial charge is 0.489 e. The Bertz CT molecular complexity index is 1030. The van der Waals surface area contributed by atoms with Crippen molar-refractivity contribution in [3.8, 4) is 5.75 Å². The van der Waals surface area contributed by atoms with E-state index in [2.05, 4.69) is 4.72 Å². The summed E-state index contributed by atoms with van der Waals surface area (Å²) in [4.78, 5) is 10.9. The second-order valence-electron chi connectivity index (χ2n) is 5.74.